The highest BCUT2D eigenvalue weighted by Crippen LogP contribution is 2.26. The summed E-state index contributed by atoms with van der Waals surface area (Å²) in [5, 5.41) is 12.0. The summed E-state index contributed by atoms with van der Waals surface area (Å²) in [6.45, 7) is 4.31. The third-order valence-electron chi connectivity index (χ3n) is 2.47. The first kappa shape index (κ1) is 16.3. The molecule has 0 atom stereocenters. The number of thioether (sulfide) groups is 1. The van der Waals surface area contributed by atoms with E-state index >= 15 is 0 Å². The lowest BCUT2D eigenvalue weighted by Gasteiger charge is -2.01. The highest BCUT2D eigenvalue weighted by atomic mass is 35.5. The average Bonchev–Trinajstić information content (AvgIpc) is 2.86. The summed E-state index contributed by atoms with van der Waals surface area (Å²) in [7, 11) is 0. The number of rotatable bonds is 6. The van der Waals surface area contributed by atoms with E-state index in [1.807, 2.05) is 12.1 Å². The van der Waals surface area contributed by atoms with E-state index in [2.05, 4.69) is 29.4 Å². The standard InChI is InChI=1S/C14H16ClN3OS2/c1-9(2)8-20-14-18-17-13(21-14)16-12(19)7-10-3-5-11(15)6-4-10/h3-6,9H,7-8H2,1-2H3,(H,16,17,19). The van der Waals surface area contributed by atoms with Crippen LogP contribution in [0.4, 0.5) is 5.13 Å². The summed E-state index contributed by atoms with van der Waals surface area (Å²) in [5.41, 5.74) is 0.913. The van der Waals surface area contributed by atoms with Crippen LogP contribution in [0.15, 0.2) is 28.6 Å². The fraction of sp³-hybridized carbons (Fsp3) is 0.357. The second kappa shape index (κ2) is 7.77. The van der Waals surface area contributed by atoms with Gasteiger partial charge in [0.15, 0.2) is 4.34 Å². The summed E-state index contributed by atoms with van der Waals surface area (Å²) in [6, 6.07) is 7.23. The quantitative estimate of drug-likeness (QED) is 0.634. The van der Waals surface area contributed by atoms with Crippen LogP contribution in [0, 0.1) is 5.92 Å². The van der Waals surface area contributed by atoms with Gasteiger partial charge in [-0.3, -0.25) is 4.79 Å². The number of nitrogens with one attached hydrogen (secondary N) is 1. The molecule has 1 N–H and O–H groups in total. The summed E-state index contributed by atoms with van der Waals surface area (Å²) in [5.74, 6) is 1.49. The number of benzene rings is 1. The van der Waals surface area contributed by atoms with Gasteiger partial charge in [0.1, 0.15) is 0 Å². The zero-order valence-electron chi connectivity index (χ0n) is 11.8. The van der Waals surface area contributed by atoms with Crippen LogP contribution in [-0.4, -0.2) is 21.9 Å². The molecule has 112 valence electrons. The number of hydrogen-bond donors (Lipinski definition) is 1. The van der Waals surface area contributed by atoms with Crippen molar-refractivity contribution in [3.05, 3.63) is 34.9 Å². The predicted octanol–water partition coefficient (Wildman–Crippen LogP) is 4.12. The zero-order chi connectivity index (χ0) is 15.2. The van der Waals surface area contributed by atoms with Crippen LogP contribution < -0.4 is 5.32 Å². The maximum absolute atomic E-state index is 11.9. The van der Waals surface area contributed by atoms with Crippen LogP contribution in [0.5, 0.6) is 0 Å². The molecule has 0 unspecified atom stereocenters. The fourth-order valence-electron chi connectivity index (χ4n) is 1.51. The van der Waals surface area contributed by atoms with Gasteiger partial charge in [-0.25, -0.2) is 0 Å². The van der Waals surface area contributed by atoms with E-state index in [0.717, 1.165) is 15.7 Å². The SMILES string of the molecule is CC(C)CSc1nnc(NC(=O)Cc2ccc(Cl)cc2)s1. The van der Waals surface area contributed by atoms with Gasteiger partial charge in [-0.2, -0.15) is 0 Å². The van der Waals surface area contributed by atoms with Crippen molar-refractivity contribution in [2.75, 3.05) is 11.1 Å². The topological polar surface area (TPSA) is 54.9 Å². The van der Waals surface area contributed by atoms with E-state index < -0.39 is 0 Å². The van der Waals surface area contributed by atoms with Gasteiger partial charge in [0.25, 0.3) is 0 Å². The highest BCUT2D eigenvalue weighted by molar-refractivity contribution is 8.01. The van der Waals surface area contributed by atoms with Crippen molar-refractivity contribution in [2.24, 2.45) is 5.92 Å². The molecule has 0 saturated carbocycles. The molecule has 1 aromatic carbocycles. The molecule has 21 heavy (non-hydrogen) atoms. The maximum atomic E-state index is 11.9. The van der Waals surface area contributed by atoms with Crippen LogP contribution in [-0.2, 0) is 11.2 Å². The van der Waals surface area contributed by atoms with E-state index in [9.17, 15) is 4.79 Å². The van der Waals surface area contributed by atoms with Gasteiger partial charge < -0.3 is 5.32 Å². The molecule has 0 aliphatic carbocycles. The molecule has 1 aromatic heterocycles. The molecular weight excluding hydrogens is 326 g/mol. The Balaban J connectivity index is 1.86. The molecule has 0 aliphatic rings. The van der Waals surface area contributed by atoms with Crippen LogP contribution in [0.3, 0.4) is 0 Å². The summed E-state index contributed by atoms with van der Waals surface area (Å²) in [6.07, 6.45) is 0.297. The molecule has 2 rings (SSSR count). The summed E-state index contributed by atoms with van der Waals surface area (Å²) in [4.78, 5) is 11.9. The highest BCUT2D eigenvalue weighted by Gasteiger charge is 2.09. The Morgan fingerprint density at radius 3 is 2.71 bits per heavy atom. The molecule has 4 nitrogen and oxygen atoms in total. The van der Waals surface area contributed by atoms with E-state index in [4.69, 9.17) is 11.6 Å². The van der Waals surface area contributed by atoms with E-state index in [1.54, 1.807) is 23.9 Å². The summed E-state index contributed by atoms with van der Waals surface area (Å²) < 4.78 is 0.880. The minimum absolute atomic E-state index is 0.103. The first-order valence-corrected chi connectivity index (χ1v) is 8.71. The van der Waals surface area contributed by atoms with Gasteiger partial charge in [0, 0.05) is 10.8 Å². The van der Waals surface area contributed by atoms with Crippen molar-refractivity contribution in [1.82, 2.24) is 10.2 Å². The Bertz CT molecular complexity index is 599. The van der Waals surface area contributed by atoms with Crippen molar-refractivity contribution in [3.8, 4) is 0 Å². The zero-order valence-corrected chi connectivity index (χ0v) is 14.2. The Kier molecular flexibility index (Phi) is 6.02. The fourth-order valence-corrected chi connectivity index (χ4v) is 3.38. The molecule has 0 spiro atoms. The van der Waals surface area contributed by atoms with Gasteiger partial charge in [-0.1, -0.05) is 60.7 Å². The molecule has 1 amide bonds. The van der Waals surface area contributed by atoms with Gasteiger partial charge in [0.2, 0.25) is 11.0 Å². The van der Waals surface area contributed by atoms with Gasteiger partial charge in [-0.15, -0.1) is 10.2 Å². The van der Waals surface area contributed by atoms with Gasteiger partial charge in [-0.05, 0) is 23.6 Å². The third kappa shape index (κ3) is 5.65. The molecule has 0 radical (unpaired) electrons. The number of nitrogens with zero attached hydrogens (tertiary/aromatic N) is 2. The van der Waals surface area contributed by atoms with E-state index in [1.165, 1.54) is 11.3 Å². The number of amides is 1. The number of carbonyl (C=O) groups is 1. The summed E-state index contributed by atoms with van der Waals surface area (Å²) >= 11 is 8.88. The largest absolute Gasteiger partial charge is 0.300 e. The Morgan fingerprint density at radius 2 is 2.05 bits per heavy atom. The number of aromatic nitrogens is 2. The normalized spacial score (nSPS) is 10.9. The number of carbonyl (C=O) groups excluding carboxylic acids is 1. The molecule has 7 heteroatoms. The second-order valence-electron chi connectivity index (χ2n) is 4.93. The Hall–Kier alpha value is -1.11. The predicted molar refractivity (Wildman–Crippen MR) is 89.3 cm³/mol. The van der Waals surface area contributed by atoms with Crippen molar-refractivity contribution >= 4 is 45.7 Å². The van der Waals surface area contributed by atoms with Crippen molar-refractivity contribution in [3.63, 3.8) is 0 Å². The monoisotopic (exact) mass is 341 g/mol. The lowest BCUT2D eigenvalue weighted by Crippen LogP contribution is -2.14. The number of anilines is 1. The van der Waals surface area contributed by atoms with Crippen LogP contribution in [0.1, 0.15) is 19.4 Å². The van der Waals surface area contributed by atoms with E-state index in [0.29, 0.717) is 22.5 Å². The second-order valence-corrected chi connectivity index (χ2v) is 7.61. The molecule has 0 bridgehead atoms. The first-order valence-electron chi connectivity index (χ1n) is 6.53. The van der Waals surface area contributed by atoms with Crippen LogP contribution in [0.2, 0.25) is 5.02 Å². The van der Waals surface area contributed by atoms with Crippen LogP contribution >= 0.6 is 34.7 Å². The number of halogens is 1. The Morgan fingerprint density at radius 1 is 1.33 bits per heavy atom. The number of hydrogen-bond acceptors (Lipinski definition) is 5. The smallest absolute Gasteiger partial charge is 0.230 e. The van der Waals surface area contributed by atoms with Gasteiger partial charge in [0.05, 0.1) is 6.42 Å². The molecule has 1 heterocycles. The first-order chi connectivity index (χ1) is 10.0. The van der Waals surface area contributed by atoms with Crippen molar-refractivity contribution in [2.45, 2.75) is 24.6 Å². The van der Waals surface area contributed by atoms with Gasteiger partial charge >= 0.3 is 0 Å². The third-order valence-corrected chi connectivity index (χ3v) is 5.12. The molecule has 0 aliphatic heterocycles. The maximum Gasteiger partial charge on any atom is 0.230 e. The minimum atomic E-state index is -0.103. The molecular formula is C14H16ClN3OS2. The minimum Gasteiger partial charge on any atom is -0.300 e. The lowest BCUT2D eigenvalue weighted by atomic mass is 10.1. The van der Waals surface area contributed by atoms with E-state index in [-0.39, 0.29) is 5.91 Å². The van der Waals surface area contributed by atoms with Crippen molar-refractivity contribution < 1.29 is 4.79 Å². The Labute approximate surface area is 137 Å². The van der Waals surface area contributed by atoms with Crippen molar-refractivity contribution in [1.29, 1.82) is 0 Å². The average molecular weight is 342 g/mol. The molecule has 2 aromatic rings. The van der Waals surface area contributed by atoms with Crippen LogP contribution in [0.25, 0.3) is 0 Å². The molecule has 0 fully saturated rings. The lowest BCUT2D eigenvalue weighted by molar-refractivity contribution is -0.115. The molecule has 0 saturated heterocycles.